The van der Waals surface area contributed by atoms with Crippen molar-refractivity contribution in [2.75, 3.05) is 38.2 Å². The number of benzene rings is 1. The van der Waals surface area contributed by atoms with Crippen LogP contribution in [0.2, 0.25) is 0 Å². The molecule has 3 amide bonds. The van der Waals surface area contributed by atoms with Crippen LogP contribution in [0.25, 0.3) is 0 Å². The first-order valence-electron chi connectivity index (χ1n) is 10.1. The fourth-order valence-electron chi connectivity index (χ4n) is 3.83. The summed E-state index contributed by atoms with van der Waals surface area (Å²) in [5.74, 6) is 0.136. The highest BCUT2D eigenvalue weighted by atomic mass is 16.5. The first kappa shape index (κ1) is 20.2. The topological polar surface area (TPSA) is 79.0 Å². The minimum absolute atomic E-state index is 0.0750. The number of methoxy groups -OCH3 is 1. The first-order valence-corrected chi connectivity index (χ1v) is 10.1. The highest BCUT2D eigenvalue weighted by Gasteiger charge is 2.35. The van der Waals surface area contributed by atoms with Crippen molar-refractivity contribution in [1.82, 2.24) is 10.2 Å². The second-order valence-corrected chi connectivity index (χ2v) is 7.44. The molecule has 0 bridgehead atoms. The van der Waals surface area contributed by atoms with E-state index in [0.29, 0.717) is 25.3 Å². The van der Waals surface area contributed by atoms with E-state index in [1.807, 2.05) is 23.1 Å². The molecule has 1 unspecified atom stereocenters. The summed E-state index contributed by atoms with van der Waals surface area (Å²) in [6.45, 7) is 2.30. The van der Waals surface area contributed by atoms with Crippen LogP contribution in [0.1, 0.15) is 38.5 Å². The molecular weight excluding hydrogens is 358 g/mol. The normalized spacial score (nSPS) is 20.0. The van der Waals surface area contributed by atoms with E-state index in [0.717, 1.165) is 31.6 Å². The van der Waals surface area contributed by atoms with Gasteiger partial charge in [-0.15, -0.1) is 0 Å². The number of likely N-dealkylation sites (tertiary alicyclic amines) is 1. The molecule has 2 saturated heterocycles. The monoisotopic (exact) mass is 387 g/mol. The maximum absolute atomic E-state index is 12.5. The SMILES string of the molecule is COc1cccc(N2CC(C(=O)NCCC(=O)N3CCCCCC3)CC2=O)c1. The summed E-state index contributed by atoms with van der Waals surface area (Å²) in [6.07, 6.45) is 4.97. The highest BCUT2D eigenvalue weighted by Crippen LogP contribution is 2.27. The standard InChI is InChI=1S/C21H29N3O4/c1-28-18-8-6-7-17(14-18)24-15-16(13-20(24)26)21(27)22-10-9-19(25)23-11-4-2-3-5-12-23/h6-8,14,16H,2-5,9-13,15H2,1H3,(H,22,27). The third kappa shape index (κ3) is 5.03. The van der Waals surface area contributed by atoms with E-state index in [1.165, 1.54) is 12.8 Å². The number of carbonyl (C=O) groups is 3. The van der Waals surface area contributed by atoms with Gasteiger partial charge in [-0.3, -0.25) is 14.4 Å². The molecule has 1 aromatic carbocycles. The summed E-state index contributed by atoms with van der Waals surface area (Å²) >= 11 is 0. The van der Waals surface area contributed by atoms with Crippen molar-refractivity contribution in [1.29, 1.82) is 0 Å². The molecule has 2 heterocycles. The average molecular weight is 387 g/mol. The lowest BCUT2D eigenvalue weighted by molar-refractivity contribution is -0.131. The lowest BCUT2D eigenvalue weighted by atomic mass is 10.1. The molecule has 0 aromatic heterocycles. The van der Waals surface area contributed by atoms with Gasteiger partial charge in [0.1, 0.15) is 5.75 Å². The number of ether oxygens (including phenoxy) is 1. The fourth-order valence-corrected chi connectivity index (χ4v) is 3.83. The summed E-state index contributed by atoms with van der Waals surface area (Å²) in [5.41, 5.74) is 0.732. The van der Waals surface area contributed by atoms with Crippen molar-refractivity contribution in [3.63, 3.8) is 0 Å². The maximum atomic E-state index is 12.5. The minimum Gasteiger partial charge on any atom is -0.497 e. The number of carbonyl (C=O) groups excluding carboxylic acids is 3. The molecule has 1 atom stereocenters. The second-order valence-electron chi connectivity index (χ2n) is 7.44. The van der Waals surface area contributed by atoms with Gasteiger partial charge >= 0.3 is 0 Å². The molecule has 7 nitrogen and oxygen atoms in total. The van der Waals surface area contributed by atoms with E-state index < -0.39 is 5.92 Å². The van der Waals surface area contributed by atoms with Crippen molar-refractivity contribution in [3.05, 3.63) is 24.3 Å². The van der Waals surface area contributed by atoms with Crippen molar-refractivity contribution >= 4 is 23.4 Å². The summed E-state index contributed by atoms with van der Waals surface area (Å²) in [6, 6.07) is 7.26. The van der Waals surface area contributed by atoms with Crippen molar-refractivity contribution in [2.45, 2.75) is 38.5 Å². The molecule has 0 saturated carbocycles. The van der Waals surface area contributed by atoms with Crippen LogP contribution in [-0.2, 0) is 14.4 Å². The van der Waals surface area contributed by atoms with Gasteiger partial charge in [-0.2, -0.15) is 0 Å². The van der Waals surface area contributed by atoms with Crippen LogP contribution >= 0.6 is 0 Å². The molecule has 3 rings (SSSR count). The van der Waals surface area contributed by atoms with Gasteiger partial charge in [-0.05, 0) is 25.0 Å². The van der Waals surface area contributed by atoms with Gasteiger partial charge in [0, 0.05) is 50.8 Å². The Balaban J connectivity index is 1.47. The van der Waals surface area contributed by atoms with E-state index in [4.69, 9.17) is 4.74 Å². The van der Waals surface area contributed by atoms with E-state index >= 15 is 0 Å². The van der Waals surface area contributed by atoms with Crippen LogP contribution in [0, 0.1) is 5.92 Å². The van der Waals surface area contributed by atoms with Gasteiger partial charge in [0.15, 0.2) is 0 Å². The summed E-state index contributed by atoms with van der Waals surface area (Å²) in [7, 11) is 1.58. The van der Waals surface area contributed by atoms with E-state index in [-0.39, 0.29) is 24.1 Å². The lowest BCUT2D eigenvalue weighted by Crippen LogP contribution is -2.37. The summed E-state index contributed by atoms with van der Waals surface area (Å²) in [4.78, 5) is 40.6. The van der Waals surface area contributed by atoms with Gasteiger partial charge in [-0.1, -0.05) is 18.9 Å². The molecule has 0 spiro atoms. The Morgan fingerprint density at radius 1 is 1.18 bits per heavy atom. The first-order chi connectivity index (χ1) is 13.6. The van der Waals surface area contributed by atoms with Crippen LogP contribution in [0.3, 0.4) is 0 Å². The number of hydrogen-bond acceptors (Lipinski definition) is 4. The number of hydrogen-bond donors (Lipinski definition) is 1. The molecule has 0 aliphatic carbocycles. The Kier molecular flexibility index (Phi) is 6.90. The zero-order chi connectivity index (χ0) is 19.9. The van der Waals surface area contributed by atoms with E-state index in [1.54, 1.807) is 18.1 Å². The van der Waals surface area contributed by atoms with Crippen molar-refractivity contribution in [2.24, 2.45) is 5.92 Å². The van der Waals surface area contributed by atoms with Crippen LogP contribution in [0.5, 0.6) is 5.75 Å². The molecule has 2 aliphatic rings. The average Bonchev–Trinajstić information content (AvgIpc) is 2.92. The maximum Gasteiger partial charge on any atom is 0.227 e. The van der Waals surface area contributed by atoms with Crippen LogP contribution in [0.4, 0.5) is 5.69 Å². The minimum atomic E-state index is -0.396. The number of nitrogens with zero attached hydrogens (tertiary/aromatic N) is 2. The predicted molar refractivity (Wildman–Crippen MR) is 106 cm³/mol. The Morgan fingerprint density at radius 3 is 2.64 bits per heavy atom. The molecule has 1 aromatic rings. The molecule has 2 aliphatic heterocycles. The quantitative estimate of drug-likeness (QED) is 0.809. The zero-order valence-electron chi connectivity index (χ0n) is 16.5. The van der Waals surface area contributed by atoms with E-state index in [2.05, 4.69) is 5.32 Å². The second kappa shape index (κ2) is 9.57. The van der Waals surface area contributed by atoms with Gasteiger partial charge < -0.3 is 19.9 Å². The number of rotatable bonds is 6. The smallest absolute Gasteiger partial charge is 0.227 e. The largest absolute Gasteiger partial charge is 0.497 e. The molecule has 1 N–H and O–H groups in total. The Bertz CT molecular complexity index is 713. The van der Waals surface area contributed by atoms with Crippen molar-refractivity contribution < 1.29 is 19.1 Å². The molecule has 7 heteroatoms. The molecule has 0 radical (unpaired) electrons. The predicted octanol–water partition coefficient (Wildman–Crippen LogP) is 1.96. The lowest BCUT2D eigenvalue weighted by Gasteiger charge is -2.20. The third-order valence-corrected chi connectivity index (χ3v) is 5.46. The Labute approximate surface area is 166 Å². The Hall–Kier alpha value is -2.57. The van der Waals surface area contributed by atoms with Gasteiger partial charge in [-0.25, -0.2) is 0 Å². The van der Waals surface area contributed by atoms with Gasteiger partial charge in [0.25, 0.3) is 0 Å². The van der Waals surface area contributed by atoms with Crippen LogP contribution in [-0.4, -0.2) is 55.9 Å². The summed E-state index contributed by atoms with van der Waals surface area (Å²) < 4.78 is 5.20. The number of anilines is 1. The third-order valence-electron chi connectivity index (χ3n) is 5.46. The number of amides is 3. The van der Waals surface area contributed by atoms with Crippen LogP contribution < -0.4 is 15.0 Å². The molecule has 2 fully saturated rings. The highest BCUT2D eigenvalue weighted by molar-refractivity contribution is 6.00. The van der Waals surface area contributed by atoms with Gasteiger partial charge in [0.2, 0.25) is 17.7 Å². The van der Waals surface area contributed by atoms with Crippen LogP contribution in [0.15, 0.2) is 24.3 Å². The summed E-state index contributed by atoms with van der Waals surface area (Å²) in [5, 5.41) is 2.84. The Morgan fingerprint density at radius 2 is 1.93 bits per heavy atom. The van der Waals surface area contributed by atoms with E-state index in [9.17, 15) is 14.4 Å². The van der Waals surface area contributed by atoms with Gasteiger partial charge in [0.05, 0.1) is 13.0 Å². The molecule has 28 heavy (non-hydrogen) atoms. The zero-order valence-corrected chi connectivity index (χ0v) is 16.5. The number of nitrogens with one attached hydrogen (secondary N) is 1. The molecular formula is C21H29N3O4. The van der Waals surface area contributed by atoms with Crippen molar-refractivity contribution in [3.8, 4) is 5.75 Å². The fraction of sp³-hybridized carbons (Fsp3) is 0.571. The molecule has 152 valence electrons.